The normalized spacial score (nSPS) is 13.0. The van der Waals surface area contributed by atoms with Crippen LogP contribution >= 0.6 is 0 Å². The topological polar surface area (TPSA) is 99.0 Å². The highest BCUT2D eigenvalue weighted by atomic mass is 16.7. The summed E-state index contributed by atoms with van der Waals surface area (Å²) in [5.74, 6) is 0.160. The number of benzene rings is 1. The molecule has 2 amide bonds. The van der Waals surface area contributed by atoms with E-state index in [1.165, 1.54) is 12.1 Å². The molecule has 1 aromatic carbocycles. The quantitative estimate of drug-likeness (QED) is 0.336. The van der Waals surface area contributed by atoms with Gasteiger partial charge in [-0.25, -0.2) is 0 Å². The highest BCUT2D eigenvalue weighted by Crippen LogP contribution is 2.21. The van der Waals surface area contributed by atoms with Gasteiger partial charge in [-0.05, 0) is 53.7 Å². The van der Waals surface area contributed by atoms with Gasteiger partial charge in [0.15, 0.2) is 0 Å². The van der Waals surface area contributed by atoms with Crippen molar-refractivity contribution in [2.45, 2.75) is 94.3 Å². The number of non-ortho nitro benzene ring substituents is 1. The Balaban J connectivity index is -0.000000426. The number of ether oxygens (including phenoxy) is 1. The minimum Gasteiger partial charge on any atom is -0.488 e. The Morgan fingerprint density at radius 2 is 1.27 bits per heavy atom. The van der Waals surface area contributed by atoms with Crippen molar-refractivity contribution in [1.82, 2.24) is 5.06 Å². The Morgan fingerprint density at radius 3 is 1.57 bits per heavy atom. The van der Waals surface area contributed by atoms with Gasteiger partial charge < -0.3 is 4.74 Å². The van der Waals surface area contributed by atoms with Crippen LogP contribution in [0.5, 0.6) is 5.75 Å². The molecule has 0 saturated carbocycles. The zero-order valence-corrected chi connectivity index (χ0v) is 18.1. The molecule has 0 aliphatic carbocycles. The summed E-state index contributed by atoms with van der Waals surface area (Å²) in [6.45, 7) is 15.2. The summed E-state index contributed by atoms with van der Waals surface area (Å²) in [6, 6.07) is 6.06. The lowest BCUT2D eigenvalue weighted by molar-refractivity contribution is -0.384. The molecule has 1 fully saturated rings. The number of nitro benzene ring substituents is 1. The monoisotopic (exact) mass is 428 g/mol. The molecular weight excluding hydrogens is 388 g/mol. The Bertz CT molecular complexity index is 642. The highest BCUT2D eigenvalue weighted by Gasteiger charge is 2.33. The summed E-state index contributed by atoms with van der Waals surface area (Å²) in [6.07, 6.45) is 0.545. The van der Waals surface area contributed by atoms with E-state index in [4.69, 9.17) is 9.57 Å². The van der Waals surface area contributed by atoms with E-state index in [-0.39, 0.29) is 50.8 Å². The van der Waals surface area contributed by atoms with Gasteiger partial charge in [0.25, 0.3) is 17.5 Å². The van der Waals surface area contributed by atoms with Gasteiger partial charge in [-0.1, -0.05) is 28.7 Å². The van der Waals surface area contributed by atoms with Crippen molar-refractivity contribution in [2.24, 2.45) is 0 Å². The van der Waals surface area contributed by atoms with Crippen molar-refractivity contribution < 1.29 is 24.1 Å². The molecule has 0 aromatic heterocycles. The third-order valence-electron chi connectivity index (χ3n) is 2.84. The van der Waals surface area contributed by atoms with E-state index >= 15 is 0 Å². The summed E-state index contributed by atoms with van der Waals surface area (Å²) in [5.41, 5.74) is -0.697. The first-order chi connectivity index (χ1) is 12.8. The fraction of sp³-hybridized carbons (Fsp3) is 0.636. The number of hydrogen-bond acceptors (Lipinski definition) is 6. The van der Waals surface area contributed by atoms with Gasteiger partial charge in [0.05, 0.1) is 10.5 Å². The molecule has 1 heterocycles. The van der Waals surface area contributed by atoms with Gasteiger partial charge in [0.1, 0.15) is 11.4 Å². The van der Waals surface area contributed by atoms with E-state index in [0.29, 0.717) is 5.75 Å². The number of rotatable bonds is 3. The lowest BCUT2D eigenvalue weighted by atomic mass is 10.2. The largest absolute Gasteiger partial charge is 0.488 e. The number of hydrogen-bond donors (Lipinski definition) is 0. The molecule has 8 heteroatoms. The maximum Gasteiger partial charge on any atom is 0.269 e. The molecule has 30 heavy (non-hydrogen) atoms. The van der Waals surface area contributed by atoms with Crippen molar-refractivity contribution in [3.05, 3.63) is 34.4 Å². The maximum absolute atomic E-state index is 11.0. The molecule has 0 atom stereocenters. The van der Waals surface area contributed by atoms with Crippen LogP contribution in [0.25, 0.3) is 0 Å². The summed E-state index contributed by atoms with van der Waals surface area (Å²) < 4.78 is 5.51. The van der Waals surface area contributed by atoms with Gasteiger partial charge in [-0.2, -0.15) is 5.06 Å². The van der Waals surface area contributed by atoms with Crippen LogP contribution in [0.1, 0.15) is 83.1 Å². The second kappa shape index (κ2) is 13.7. The molecule has 2 rings (SSSR count). The molecule has 1 aliphatic heterocycles. The molecule has 0 N–H and O–H groups in total. The van der Waals surface area contributed by atoms with Crippen molar-refractivity contribution >= 4 is 17.5 Å². The minimum atomic E-state index is -0.490. The van der Waals surface area contributed by atoms with Crippen molar-refractivity contribution in [3.63, 3.8) is 0 Å². The predicted molar refractivity (Wildman–Crippen MR) is 120 cm³/mol. The second-order valence-corrected chi connectivity index (χ2v) is 7.75. The van der Waals surface area contributed by atoms with Crippen molar-refractivity contribution in [2.75, 3.05) is 0 Å². The average molecular weight is 429 g/mol. The smallest absolute Gasteiger partial charge is 0.269 e. The van der Waals surface area contributed by atoms with Gasteiger partial charge in [-0.15, -0.1) is 0 Å². The number of amides is 2. The minimum absolute atomic E-state index is 0. The fourth-order valence-corrected chi connectivity index (χ4v) is 1.92. The van der Waals surface area contributed by atoms with Crippen LogP contribution in [0, 0.1) is 10.1 Å². The second-order valence-electron chi connectivity index (χ2n) is 7.75. The number of carbonyl (C=O) groups excluding carboxylic acids is 2. The standard InChI is InChI=1S/C10H13NO3.C8H13NO3.C2H6.2CH4/c1-10(2,3)14-9-6-4-8(5-7-9)11(12)13;1-8(2,3)12-9-6(10)4-5-7(9)11;1-2;;/h4-7H,1-3H3;4-5H2,1-3H3;1-2H3;2*1H4. The number of nitrogens with zero attached hydrogens (tertiary/aromatic N) is 2. The van der Waals surface area contributed by atoms with Crippen molar-refractivity contribution in [1.29, 1.82) is 0 Å². The number of nitro groups is 1. The Morgan fingerprint density at radius 1 is 0.867 bits per heavy atom. The highest BCUT2D eigenvalue weighted by molar-refractivity contribution is 6.00. The van der Waals surface area contributed by atoms with Gasteiger partial charge >= 0.3 is 0 Å². The number of hydroxylamine groups is 2. The third kappa shape index (κ3) is 12.9. The van der Waals surface area contributed by atoms with Crippen LogP contribution in [0.3, 0.4) is 0 Å². The molecule has 0 radical (unpaired) electrons. The van der Waals surface area contributed by atoms with E-state index in [2.05, 4.69) is 0 Å². The van der Waals surface area contributed by atoms with Crippen LogP contribution in [0.15, 0.2) is 24.3 Å². The fourth-order valence-electron chi connectivity index (χ4n) is 1.92. The summed E-state index contributed by atoms with van der Waals surface area (Å²) in [4.78, 5) is 37.2. The molecule has 8 nitrogen and oxygen atoms in total. The Kier molecular flexibility index (Phi) is 14.7. The van der Waals surface area contributed by atoms with Crippen LogP contribution < -0.4 is 4.74 Å². The third-order valence-corrected chi connectivity index (χ3v) is 2.84. The van der Waals surface area contributed by atoms with E-state index in [1.807, 2.05) is 34.6 Å². The van der Waals surface area contributed by atoms with Gasteiger partial charge in [-0.3, -0.25) is 24.5 Å². The Labute approximate surface area is 181 Å². The first kappa shape index (κ1) is 32.2. The molecule has 0 spiro atoms. The number of imide groups is 1. The first-order valence-electron chi connectivity index (χ1n) is 9.27. The maximum atomic E-state index is 11.0. The molecule has 0 bridgehead atoms. The average Bonchev–Trinajstić information content (AvgIpc) is 2.87. The van der Waals surface area contributed by atoms with Crippen LogP contribution in [0.4, 0.5) is 5.69 Å². The van der Waals surface area contributed by atoms with E-state index < -0.39 is 10.5 Å². The lowest BCUT2D eigenvalue weighted by Crippen LogP contribution is -2.37. The first-order valence-corrected chi connectivity index (χ1v) is 9.27. The molecular formula is C22H40N2O6. The zero-order chi connectivity index (χ0) is 22.1. The molecule has 174 valence electrons. The van der Waals surface area contributed by atoms with Gasteiger partial charge in [0.2, 0.25) is 0 Å². The van der Waals surface area contributed by atoms with E-state index in [9.17, 15) is 19.7 Å². The Hall–Kier alpha value is -2.48. The summed E-state index contributed by atoms with van der Waals surface area (Å²) >= 11 is 0. The van der Waals surface area contributed by atoms with Crippen molar-refractivity contribution in [3.8, 4) is 5.75 Å². The van der Waals surface area contributed by atoms with E-state index in [0.717, 1.165) is 5.06 Å². The predicted octanol–water partition coefficient (Wildman–Crippen LogP) is 5.94. The van der Waals surface area contributed by atoms with Gasteiger partial charge in [0, 0.05) is 25.0 Å². The summed E-state index contributed by atoms with van der Waals surface area (Å²) in [5, 5.41) is 11.2. The van der Waals surface area contributed by atoms with Crippen LogP contribution in [-0.4, -0.2) is 33.0 Å². The summed E-state index contributed by atoms with van der Waals surface area (Å²) in [7, 11) is 0. The molecule has 0 unspecified atom stereocenters. The van der Waals surface area contributed by atoms with Crippen LogP contribution in [-0.2, 0) is 14.4 Å². The zero-order valence-electron chi connectivity index (χ0n) is 18.1. The SMILES string of the molecule is C.C.CC.CC(C)(C)ON1C(=O)CCC1=O.CC(C)(C)Oc1ccc([N+](=O)[O-])cc1. The van der Waals surface area contributed by atoms with E-state index in [1.54, 1.807) is 32.9 Å². The van der Waals surface area contributed by atoms with Crippen LogP contribution in [0.2, 0.25) is 0 Å². The molecule has 1 saturated heterocycles. The number of carbonyl (C=O) groups is 2. The molecule has 1 aromatic rings. The lowest BCUT2D eigenvalue weighted by Gasteiger charge is -2.24. The molecule has 1 aliphatic rings.